The number of carbonyl (C=O) groups excluding carboxylic acids is 3. The number of esters is 3. The Morgan fingerprint density at radius 2 is 0.608 bits per heavy atom. The molecule has 0 heterocycles. The zero-order valence-electron chi connectivity index (χ0n) is 47.8. The summed E-state index contributed by atoms with van der Waals surface area (Å²) in [6.45, 7) is 6.40. The predicted molar refractivity (Wildman–Crippen MR) is 320 cm³/mol. The first-order chi connectivity index (χ1) is 36.5. The lowest BCUT2D eigenvalue weighted by molar-refractivity contribution is -0.166. The van der Waals surface area contributed by atoms with Crippen molar-refractivity contribution in [2.75, 3.05) is 13.2 Å². The van der Waals surface area contributed by atoms with Crippen molar-refractivity contribution in [3.8, 4) is 0 Å². The predicted octanol–water partition coefficient (Wildman–Crippen LogP) is 20.6. The average Bonchev–Trinajstić information content (AvgIpc) is 3.40. The summed E-state index contributed by atoms with van der Waals surface area (Å²) in [6.07, 6.45) is 85.9. The van der Waals surface area contributed by atoms with Gasteiger partial charge in [0, 0.05) is 19.3 Å². The minimum atomic E-state index is -0.827. The van der Waals surface area contributed by atoms with Crippen LogP contribution in [-0.2, 0) is 28.6 Å². The molecule has 0 bridgehead atoms. The van der Waals surface area contributed by atoms with Gasteiger partial charge in [-0.2, -0.15) is 0 Å². The molecular formula is C68H110O6. The summed E-state index contributed by atoms with van der Waals surface area (Å²) in [6, 6.07) is 0. The Morgan fingerprint density at radius 1 is 0.297 bits per heavy atom. The van der Waals surface area contributed by atoms with Crippen molar-refractivity contribution in [2.24, 2.45) is 0 Å². The van der Waals surface area contributed by atoms with Gasteiger partial charge in [-0.05, 0) is 109 Å². The van der Waals surface area contributed by atoms with Crippen LogP contribution in [0, 0.1) is 0 Å². The summed E-state index contributed by atoms with van der Waals surface area (Å²) in [5.41, 5.74) is 0. The maximum absolute atomic E-state index is 12.9. The van der Waals surface area contributed by atoms with E-state index in [0.717, 1.165) is 103 Å². The summed E-state index contributed by atoms with van der Waals surface area (Å²) in [4.78, 5) is 38.2. The van der Waals surface area contributed by atoms with Gasteiger partial charge in [-0.25, -0.2) is 0 Å². The normalized spacial score (nSPS) is 13.1. The van der Waals surface area contributed by atoms with Crippen LogP contribution in [0.25, 0.3) is 0 Å². The first kappa shape index (κ1) is 69.5. The number of ether oxygens (including phenoxy) is 3. The molecule has 0 amide bonds. The Labute approximate surface area is 455 Å². The van der Waals surface area contributed by atoms with E-state index in [2.05, 4.69) is 148 Å². The minimum Gasteiger partial charge on any atom is -0.462 e. The monoisotopic (exact) mass is 1020 g/mol. The van der Waals surface area contributed by atoms with Gasteiger partial charge in [0.1, 0.15) is 13.2 Å². The molecule has 418 valence electrons. The third-order valence-electron chi connectivity index (χ3n) is 12.5. The van der Waals surface area contributed by atoms with Crippen molar-refractivity contribution in [3.63, 3.8) is 0 Å². The molecule has 0 aliphatic carbocycles. The number of allylic oxidation sites excluding steroid dienone is 22. The molecule has 0 aromatic carbocycles. The highest BCUT2D eigenvalue weighted by molar-refractivity contribution is 5.71. The van der Waals surface area contributed by atoms with Gasteiger partial charge < -0.3 is 14.2 Å². The molecule has 0 aromatic rings. The fraction of sp³-hybridized carbons (Fsp3) is 0.632. The second-order valence-corrected chi connectivity index (χ2v) is 19.6. The van der Waals surface area contributed by atoms with Crippen LogP contribution in [0.1, 0.15) is 258 Å². The third kappa shape index (κ3) is 58.4. The molecule has 0 N–H and O–H groups in total. The van der Waals surface area contributed by atoms with Crippen LogP contribution in [0.3, 0.4) is 0 Å². The lowest BCUT2D eigenvalue weighted by Crippen LogP contribution is -2.30. The molecule has 0 rings (SSSR count). The largest absolute Gasteiger partial charge is 0.462 e. The Kier molecular flexibility index (Phi) is 57.4. The fourth-order valence-electron chi connectivity index (χ4n) is 7.95. The molecule has 6 heteroatoms. The van der Waals surface area contributed by atoms with Gasteiger partial charge in [0.25, 0.3) is 0 Å². The standard InChI is InChI=1S/C68H110O6/c1-4-7-10-13-16-19-22-25-28-31-34-37-40-43-46-49-52-55-58-61-67(70)73-64-65(63-72-66(69)60-57-54-51-48-45-42-39-36-33-30-27-24-21-18-15-12-9-6-3)74-68(71)62-59-56-53-50-47-44-41-38-35-32-29-26-23-20-17-14-11-8-5-2/h7,10,16,18-19,21,24-25,27-28,30,32-37,39,43,46,52,55,65H,4-6,8-9,11-15,17,20,22-23,26,29,31,38,40-42,44-45,47-51,53-54,56-64H2,1-3H3/b10-7-,19-16-,21-18-,27-24-,28-25-,33-30-,35-32-,37-34-,39-36-,46-43-,55-52-. The second-order valence-electron chi connectivity index (χ2n) is 19.6. The maximum atomic E-state index is 12.9. The molecule has 0 aliphatic heterocycles. The van der Waals surface area contributed by atoms with E-state index >= 15 is 0 Å². The Hall–Kier alpha value is -4.45. The fourth-order valence-corrected chi connectivity index (χ4v) is 7.95. The first-order valence-corrected chi connectivity index (χ1v) is 30.2. The van der Waals surface area contributed by atoms with Crippen molar-refractivity contribution in [3.05, 3.63) is 134 Å². The molecule has 0 radical (unpaired) electrons. The van der Waals surface area contributed by atoms with E-state index in [0.29, 0.717) is 19.3 Å². The van der Waals surface area contributed by atoms with Crippen molar-refractivity contribution in [1.82, 2.24) is 0 Å². The number of hydrogen-bond donors (Lipinski definition) is 0. The van der Waals surface area contributed by atoms with Crippen LogP contribution in [0.15, 0.2) is 134 Å². The molecule has 1 atom stereocenters. The van der Waals surface area contributed by atoms with Gasteiger partial charge in [0.05, 0.1) is 0 Å². The highest BCUT2D eigenvalue weighted by atomic mass is 16.6. The highest BCUT2D eigenvalue weighted by Crippen LogP contribution is 2.14. The van der Waals surface area contributed by atoms with Crippen molar-refractivity contribution in [2.45, 2.75) is 264 Å². The molecule has 6 nitrogen and oxygen atoms in total. The lowest BCUT2D eigenvalue weighted by Gasteiger charge is -2.18. The lowest BCUT2D eigenvalue weighted by atomic mass is 10.1. The summed E-state index contributed by atoms with van der Waals surface area (Å²) in [5, 5.41) is 0. The van der Waals surface area contributed by atoms with E-state index in [1.807, 2.05) is 6.08 Å². The van der Waals surface area contributed by atoms with Crippen LogP contribution in [0.5, 0.6) is 0 Å². The van der Waals surface area contributed by atoms with Crippen LogP contribution < -0.4 is 0 Å². The van der Waals surface area contributed by atoms with Gasteiger partial charge in [-0.3, -0.25) is 14.4 Å². The van der Waals surface area contributed by atoms with Gasteiger partial charge in [0.2, 0.25) is 0 Å². The molecule has 0 saturated carbocycles. The Balaban J connectivity index is 4.57. The van der Waals surface area contributed by atoms with Gasteiger partial charge in [0.15, 0.2) is 6.10 Å². The zero-order chi connectivity index (χ0) is 53.6. The molecular weight excluding hydrogens is 913 g/mol. The summed E-state index contributed by atoms with van der Waals surface area (Å²) >= 11 is 0. The van der Waals surface area contributed by atoms with E-state index in [4.69, 9.17) is 14.2 Å². The third-order valence-corrected chi connectivity index (χ3v) is 12.5. The number of carbonyl (C=O) groups is 3. The molecule has 74 heavy (non-hydrogen) atoms. The number of rotatable bonds is 53. The van der Waals surface area contributed by atoms with Crippen molar-refractivity contribution < 1.29 is 28.6 Å². The van der Waals surface area contributed by atoms with E-state index in [1.165, 1.54) is 109 Å². The smallest absolute Gasteiger partial charge is 0.306 e. The Bertz CT molecular complexity index is 1600. The highest BCUT2D eigenvalue weighted by Gasteiger charge is 2.19. The molecule has 0 saturated heterocycles. The summed E-state index contributed by atoms with van der Waals surface area (Å²) < 4.78 is 16.8. The number of hydrogen-bond acceptors (Lipinski definition) is 6. The maximum Gasteiger partial charge on any atom is 0.306 e. The van der Waals surface area contributed by atoms with Crippen molar-refractivity contribution in [1.29, 1.82) is 0 Å². The minimum absolute atomic E-state index is 0.119. The van der Waals surface area contributed by atoms with Crippen LogP contribution in [-0.4, -0.2) is 37.2 Å². The van der Waals surface area contributed by atoms with E-state index < -0.39 is 6.10 Å². The van der Waals surface area contributed by atoms with E-state index in [-0.39, 0.29) is 37.5 Å². The quantitative estimate of drug-likeness (QED) is 0.0199. The van der Waals surface area contributed by atoms with Gasteiger partial charge >= 0.3 is 17.9 Å². The van der Waals surface area contributed by atoms with Crippen LogP contribution >= 0.6 is 0 Å². The van der Waals surface area contributed by atoms with E-state index in [1.54, 1.807) is 0 Å². The summed E-state index contributed by atoms with van der Waals surface area (Å²) in [7, 11) is 0. The molecule has 0 spiro atoms. The van der Waals surface area contributed by atoms with Gasteiger partial charge in [-0.1, -0.05) is 264 Å². The Morgan fingerprint density at radius 3 is 1.05 bits per heavy atom. The first-order valence-electron chi connectivity index (χ1n) is 30.2. The molecule has 0 aliphatic rings. The molecule has 0 aromatic heterocycles. The van der Waals surface area contributed by atoms with Crippen LogP contribution in [0.2, 0.25) is 0 Å². The van der Waals surface area contributed by atoms with Crippen LogP contribution in [0.4, 0.5) is 0 Å². The molecule has 1 unspecified atom stereocenters. The van der Waals surface area contributed by atoms with E-state index in [9.17, 15) is 14.4 Å². The summed E-state index contributed by atoms with van der Waals surface area (Å²) in [5.74, 6) is -1.03. The van der Waals surface area contributed by atoms with Gasteiger partial charge in [-0.15, -0.1) is 0 Å². The van der Waals surface area contributed by atoms with Crippen molar-refractivity contribution >= 4 is 17.9 Å². The molecule has 0 fully saturated rings. The second kappa shape index (κ2) is 61.1. The average molecular weight is 1020 g/mol. The topological polar surface area (TPSA) is 78.9 Å². The zero-order valence-corrected chi connectivity index (χ0v) is 47.8. The number of unbranched alkanes of at least 4 members (excludes halogenated alkanes) is 23. The SMILES string of the molecule is CC/C=C\C/C=C\C/C=C\C/C=C\C/C=C\C/C=C\CCC(=O)OCC(COC(=O)CCCCCCC\C=C/C=C\C=C/C=C\CCCCC)OC(=O)CCCCCCCCC/C=C\CCCCCCCCCC.